The van der Waals surface area contributed by atoms with Crippen molar-refractivity contribution in [1.29, 1.82) is 0 Å². The Bertz CT molecular complexity index is 770. The predicted molar refractivity (Wildman–Crippen MR) is 94.7 cm³/mol. The fourth-order valence-corrected chi connectivity index (χ4v) is 2.72. The number of pyridine rings is 1. The molecule has 1 aromatic heterocycles. The number of aryl methyl sites for hydroxylation is 1. The highest BCUT2D eigenvalue weighted by Crippen LogP contribution is 2.13. The minimum absolute atomic E-state index is 0.0664. The van der Waals surface area contributed by atoms with Gasteiger partial charge in [-0.15, -0.1) is 0 Å². The minimum atomic E-state index is -0.305. The van der Waals surface area contributed by atoms with Crippen LogP contribution >= 0.6 is 0 Å². The van der Waals surface area contributed by atoms with Crippen molar-refractivity contribution in [3.8, 4) is 0 Å². The summed E-state index contributed by atoms with van der Waals surface area (Å²) in [5.74, 6) is -0.582. The molecule has 1 aliphatic rings. The highest BCUT2D eigenvalue weighted by molar-refractivity contribution is 6.05. The van der Waals surface area contributed by atoms with Crippen molar-refractivity contribution in [2.24, 2.45) is 0 Å². The van der Waals surface area contributed by atoms with Crippen molar-refractivity contribution < 1.29 is 14.3 Å². The summed E-state index contributed by atoms with van der Waals surface area (Å²) in [6.45, 7) is 3.16. The number of carbonyl (C=O) groups is 2. The second kappa shape index (κ2) is 7.90. The summed E-state index contributed by atoms with van der Waals surface area (Å²) >= 11 is 0. The number of anilines is 1. The zero-order valence-electron chi connectivity index (χ0n) is 14.1. The SMILES string of the molecule is Cc1cccc(NC(=O)c2ccnc(C(=O)NCC3CCCO3)c2)c1. The highest BCUT2D eigenvalue weighted by Gasteiger charge is 2.18. The molecular formula is C19H21N3O3. The summed E-state index contributed by atoms with van der Waals surface area (Å²) in [6.07, 6.45) is 3.50. The molecule has 3 rings (SSSR count). The van der Waals surface area contributed by atoms with E-state index in [0.717, 1.165) is 25.0 Å². The molecule has 0 saturated carbocycles. The first kappa shape index (κ1) is 17.1. The Morgan fingerprint density at radius 1 is 1.24 bits per heavy atom. The second-order valence-electron chi connectivity index (χ2n) is 6.10. The van der Waals surface area contributed by atoms with Gasteiger partial charge in [0.1, 0.15) is 5.69 Å². The normalized spacial score (nSPS) is 16.4. The molecule has 2 N–H and O–H groups in total. The Labute approximate surface area is 146 Å². The summed E-state index contributed by atoms with van der Waals surface area (Å²) in [7, 11) is 0. The third kappa shape index (κ3) is 4.64. The van der Waals surface area contributed by atoms with Crippen LogP contribution in [0, 0.1) is 6.92 Å². The summed E-state index contributed by atoms with van der Waals surface area (Å²) < 4.78 is 5.48. The van der Waals surface area contributed by atoms with E-state index in [1.807, 2.05) is 31.2 Å². The quantitative estimate of drug-likeness (QED) is 0.877. The van der Waals surface area contributed by atoms with Crippen LogP contribution in [0.4, 0.5) is 5.69 Å². The Morgan fingerprint density at radius 2 is 2.12 bits per heavy atom. The number of aromatic nitrogens is 1. The zero-order valence-corrected chi connectivity index (χ0v) is 14.1. The van der Waals surface area contributed by atoms with E-state index in [0.29, 0.717) is 17.8 Å². The molecule has 25 heavy (non-hydrogen) atoms. The average Bonchev–Trinajstić information content (AvgIpc) is 3.13. The van der Waals surface area contributed by atoms with Crippen LogP contribution in [-0.2, 0) is 4.74 Å². The average molecular weight is 339 g/mol. The molecule has 6 heteroatoms. The maximum Gasteiger partial charge on any atom is 0.269 e. The second-order valence-corrected chi connectivity index (χ2v) is 6.10. The van der Waals surface area contributed by atoms with E-state index in [9.17, 15) is 9.59 Å². The van der Waals surface area contributed by atoms with E-state index < -0.39 is 0 Å². The zero-order chi connectivity index (χ0) is 17.6. The fraction of sp³-hybridized carbons (Fsp3) is 0.316. The van der Waals surface area contributed by atoms with Crippen LogP contribution in [0.1, 0.15) is 39.3 Å². The third-order valence-corrected chi connectivity index (χ3v) is 4.04. The predicted octanol–water partition coefficient (Wildman–Crippen LogP) is 2.55. The van der Waals surface area contributed by atoms with Gasteiger partial charge in [-0.3, -0.25) is 14.6 Å². The van der Waals surface area contributed by atoms with Crippen LogP contribution in [0.2, 0.25) is 0 Å². The molecule has 0 bridgehead atoms. The lowest BCUT2D eigenvalue weighted by Crippen LogP contribution is -2.32. The Morgan fingerprint density at radius 3 is 2.88 bits per heavy atom. The van der Waals surface area contributed by atoms with Gasteiger partial charge in [-0.1, -0.05) is 12.1 Å². The van der Waals surface area contributed by atoms with Gasteiger partial charge in [-0.05, 0) is 49.6 Å². The van der Waals surface area contributed by atoms with Crippen LogP contribution in [0.25, 0.3) is 0 Å². The van der Waals surface area contributed by atoms with E-state index in [4.69, 9.17) is 4.74 Å². The Balaban J connectivity index is 1.63. The van der Waals surface area contributed by atoms with Crippen LogP contribution in [-0.4, -0.2) is 36.1 Å². The number of rotatable bonds is 5. The monoisotopic (exact) mass is 339 g/mol. The number of hydrogen-bond donors (Lipinski definition) is 2. The smallest absolute Gasteiger partial charge is 0.269 e. The lowest BCUT2D eigenvalue weighted by molar-refractivity contribution is 0.0853. The van der Waals surface area contributed by atoms with Gasteiger partial charge in [-0.2, -0.15) is 0 Å². The molecule has 2 aromatic rings. The maximum atomic E-state index is 12.4. The summed E-state index contributed by atoms with van der Waals surface area (Å²) in [6, 6.07) is 10.6. The van der Waals surface area contributed by atoms with Crippen molar-refractivity contribution in [3.05, 3.63) is 59.4 Å². The number of ether oxygens (including phenoxy) is 1. The van der Waals surface area contributed by atoms with Crippen LogP contribution < -0.4 is 10.6 Å². The summed E-state index contributed by atoms with van der Waals surface area (Å²) in [5, 5.41) is 5.63. The molecule has 1 unspecified atom stereocenters. The molecule has 130 valence electrons. The Hall–Kier alpha value is -2.73. The largest absolute Gasteiger partial charge is 0.376 e. The van der Waals surface area contributed by atoms with Crippen molar-refractivity contribution in [2.45, 2.75) is 25.9 Å². The molecule has 2 heterocycles. The molecule has 1 fully saturated rings. The van der Waals surface area contributed by atoms with Gasteiger partial charge >= 0.3 is 0 Å². The Kier molecular flexibility index (Phi) is 5.40. The maximum absolute atomic E-state index is 12.4. The minimum Gasteiger partial charge on any atom is -0.376 e. The van der Waals surface area contributed by atoms with E-state index in [1.54, 1.807) is 6.07 Å². The number of hydrogen-bond acceptors (Lipinski definition) is 4. The molecule has 1 saturated heterocycles. The van der Waals surface area contributed by atoms with Gasteiger partial charge in [0.25, 0.3) is 11.8 Å². The van der Waals surface area contributed by atoms with Gasteiger partial charge in [0.2, 0.25) is 0 Å². The molecule has 1 atom stereocenters. The third-order valence-electron chi connectivity index (χ3n) is 4.04. The highest BCUT2D eigenvalue weighted by atomic mass is 16.5. The number of benzene rings is 1. The van der Waals surface area contributed by atoms with Gasteiger partial charge in [0.15, 0.2) is 0 Å². The summed E-state index contributed by atoms with van der Waals surface area (Å²) in [5.41, 5.74) is 2.38. The lowest BCUT2D eigenvalue weighted by Gasteiger charge is -2.11. The number of nitrogens with zero attached hydrogens (tertiary/aromatic N) is 1. The fourth-order valence-electron chi connectivity index (χ4n) is 2.72. The van der Waals surface area contributed by atoms with Gasteiger partial charge in [0.05, 0.1) is 6.10 Å². The van der Waals surface area contributed by atoms with Gasteiger partial charge < -0.3 is 15.4 Å². The van der Waals surface area contributed by atoms with Crippen LogP contribution in [0.3, 0.4) is 0 Å². The number of carbonyl (C=O) groups excluding carboxylic acids is 2. The van der Waals surface area contributed by atoms with E-state index in [1.165, 1.54) is 12.3 Å². The molecule has 6 nitrogen and oxygen atoms in total. The van der Waals surface area contributed by atoms with Crippen molar-refractivity contribution in [1.82, 2.24) is 10.3 Å². The van der Waals surface area contributed by atoms with E-state index in [-0.39, 0.29) is 23.6 Å². The molecule has 1 aromatic carbocycles. The lowest BCUT2D eigenvalue weighted by atomic mass is 10.2. The van der Waals surface area contributed by atoms with Crippen molar-refractivity contribution >= 4 is 17.5 Å². The number of nitrogens with one attached hydrogen (secondary N) is 2. The summed E-state index contributed by atoms with van der Waals surface area (Å²) in [4.78, 5) is 28.7. The number of amides is 2. The first-order valence-corrected chi connectivity index (χ1v) is 8.36. The van der Waals surface area contributed by atoms with Crippen molar-refractivity contribution in [3.63, 3.8) is 0 Å². The molecule has 0 radical (unpaired) electrons. The van der Waals surface area contributed by atoms with Crippen molar-refractivity contribution in [2.75, 3.05) is 18.5 Å². The first-order chi connectivity index (χ1) is 12.1. The topological polar surface area (TPSA) is 80.3 Å². The van der Waals surface area contributed by atoms with E-state index in [2.05, 4.69) is 15.6 Å². The molecule has 1 aliphatic heterocycles. The molecular weight excluding hydrogens is 318 g/mol. The van der Waals surface area contributed by atoms with E-state index >= 15 is 0 Å². The standard InChI is InChI=1S/C19H21N3O3/c1-13-4-2-5-15(10-13)22-18(23)14-7-8-20-17(11-14)19(24)21-12-16-6-3-9-25-16/h2,4-5,7-8,10-11,16H,3,6,9,12H2,1H3,(H,21,24)(H,22,23). The first-order valence-electron chi connectivity index (χ1n) is 8.36. The van der Waals surface area contributed by atoms with Gasteiger partial charge in [0, 0.05) is 30.6 Å². The van der Waals surface area contributed by atoms with Crippen LogP contribution in [0.15, 0.2) is 42.6 Å². The molecule has 2 amide bonds. The molecule has 0 aliphatic carbocycles. The van der Waals surface area contributed by atoms with Gasteiger partial charge in [-0.25, -0.2) is 0 Å². The van der Waals surface area contributed by atoms with Crippen LogP contribution in [0.5, 0.6) is 0 Å². The molecule has 0 spiro atoms.